The van der Waals surface area contributed by atoms with Crippen molar-refractivity contribution in [2.45, 2.75) is 103 Å². The highest BCUT2D eigenvalue weighted by atomic mass is 19.1. The van der Waals surface area contributed by atoms with Crippen molar-refractivity contribution in [3.63, 3.8) is 0 Å². The SMILES string of the molecule is CC(C)(C)CC(C)(C)OC(=O)N1[C@@H]2CC[C@H]1CN(c1nc(OCC34CCCN3CCC4)nc3c(F)c(-c4cccc5cccc(F)c45)ncc13)C2. The van der Waals surface area contributed by atoms with E-state index in [1.165, 1.54) is 6.07 Å². The first-order chi connectivity index (χ1) is 24.3. The molecule has 2 atom stereocenters. The Morgan fingerprint density at radius 2 is 1.65 bits per heavy atom. The molecule has 8 rings (SSSR count). The van der Waals surface area contributed by atoms with E-state index in [0.717, 1.165) is 58.0 Å². The first-order valence-corrected chi connectivity index (χ1v) is 18.5. The van der Waals surface area contributed by atoms with Gasteiger partial charge in [-0.25, -0.2) is 13.6 Å². The maximum atomic E-state index is 16.9. The average Bonchev–Trinajstić information content (AvgIpc) is 3.73. The summed E-state index contributed by atoms with van der Waals surface area (Å²) < 4.78 is 44.6. The minimum Gasteiger partial charge on any atom is -0.461 e. The summed E-state index contributed by atoms with van der Waals surface area (Å²) in [6, 6.07) is 10.0. The van der Waals surface area contributed by atoms with Gasteiger partial charge in [0.05, 0.1) is 23.0 Å². The number of pyridine rings is 1. The van der Waals surface area contributed by atoms with Crippen LogP contribution in [0.15, 0.2) is 42.6 Å². The Kier molecular flexibility index (Phi) is 8.35. The van der Waals surface area contributed by atoms with Crippen LogP contribution >= 0.6 is 0 Å². The van der Waals surface area contributed by atoms with Crippen LogP contribution < -0.4 is 9.64 Å². The number of carbonyl (C=O) groups is 1. The molecular formula is C40H48F2N6O3. The lowest BCUT2D eigenvalue weighted by molar-refractivity contribution is -0.0184. The third kappa shape index (κ3) is 6.25. The predicted octanol–water partition coefficient (Wildman–Crippen LogP) is 8.13. The zero-order valence-corrected chi connectivity index (χ0v) is 30.3. The quantitative estimate of drug-likeness (QED) is 0.191. The highest BCUT2D eigenvalue weighted by Gasteiger charge is 2.47. The molecule has 9 nitrogen and oxygen atoms in total. The molecule has 51 heavy (non-hydrogen) atoms. The molecule has 270 valence electrons. The Hall–Kier alpha value is -4.12. The molecule has 1 amide bonds. The molecule has 4 fully saturated rings. The van der Waals surface area contributed by atoms with Gasteiger partial charge in [-0.2, -0.15) is 9.97 Å². The van der Waals surface area contributed by atoms with Crippen LogP contribution in [0.2, 0.25) is 0 Å². The number of hydrogen-bond donors (Lipinski definition) is 0. The van der Waals surface area contributed by atoms with Gasteiger partial charge in [-0.3, -0.25) is 14.8 Å². The molecule has 0 spiro atoms. The Labute approximate surface area is 298 Å². The van der Waals surface area contributed by atoms with Gasteiger partial charge in [0, 0.05) is 30.2 Å². The molecule has 4 aliphatic heterocycles. The van der Waals surface area contributed by atoms with Crippen LogP contribution in [-0.2, 0) is 4.74 Å². The second-order valence-corrected chi connectivity index (χ2v) is 16.9. The van der Waals surface area contributed by atoms with Gasteiger partial charge in [0.2, 0.25) is 0 Å². The van der Waals surface area contributed by atoms with Crippen LogP contribution in [0.5, 0.6) is 6.01 Å². The molecule has 0 N–H and O–H groups in total. The van der Waals surface area contributed by atoms with E-state index >= 15 is 8.78 Å². The lowest BCUT2D eigenvalue weighted by Crippen LogP contribution is -2.57. The maximum absolute atomic E-state index is 16.9. The number of hydrogen-bond acceptors (Lipinski definition) is 8. The third-order valence-corrected chi connectivity index (χ3v) is 11.3. The maximum Gasteiger partial charge on any atom is 0.410 e. The van der Waals surface area contributed by atoms with Crippen LogP contribution in [0.1, 0.15) is 79.6 Å². The Morgan fingerprint density at radius 3 is 2.33 bits per heavy atom. The highest BCUT2D eigenvalue weighted by molar-refractivity contribution is 5.99. The van der Waals surface area contributed by atoms with Crippen LogP contribution in [0.25, 0.3) is 32.9 Å². The van der Waals surface area contributed by atoms with Gasteiger partial charge in [-0.05, 0) is 88.8 Å². The van der Waals surface area contributed by atoms with E-state index in [1.54, 1.807) is 36.5 Å². The number of carbonyl (C=O) groups excluding carboxylic acids is 1. The molecule has 2 bridgehead atoms. The van der Waals surface area contributed by atoms with Gasteiger partial charge in [-0.15, -0.1) is 0 Å². The van der Waals surface area contributed by atoms with Crippen LogP contribution in [0.4, 0.5) is 19.4 Å². The van der Waals surface area contributed by atoms with Gasteiger partial charge in [0.15, 0.2) is 5.82 Å². The molecule has 11 heteroatoms. The van der Waals surface area contributed by atoms with Crippen LogP contribution in [-0.4, -0.2) is 86.9 Å². The van der Waals surface area contributed by atoms with Crippen LogP contribution in [0.3, 0.4) is 0 Å². The van der Waals surface area contributed by atoms with Crippen molar-refractivity contribution in [2.24, 2.45) is 5.41 Å². The van der Waals surface area contributed by atoms with E-state index in [-0.39, 0.29) is 46.4 Å². The summed E-state index contributed by atoms with van der Waals surface area (Å²) in [5.74, 6) is -0.561. The summed E-state index contributed by atoms with van der Waals surface area (Å²) >= 11 is 0. The summed E-state index contributed by atoms with van der Waals surface area (Å²) in [7, 11) is 0. The number of fused-ring (bicyclic) bond motifs is 5. The number of ether oxygens (including phenoxy) is 2. The zero-order valence-electron chi connectivity index (χ0n) is 30.3. The van der Waals surface area contributed by atoms with Crippen molar-refractivity contribution in [3.05, 3.63) is 54.2 Å². The molecule has 6 heterocycles. The fourth-order valence-corrected chi connectivity index (χ4v) is 9.64. The Bertz CT molecular complexity index is 1970. The summed E-state index contributed by atoms with van der Waals surface area (Å²) in [6.07, 6.45) is 8.08. The van der Waals surface area contributed by atoms with Crippen molar-refractivity contribution in [2.75, 3.05) is 37.7 Å². The smallest absolute Gasteiger partial charge is 0.410 e. The number of piperazine rings is 1. The molecule has 0 aliphatic carbocycles. The minimum atomic E-state index is -0.649. The zero-order chi connectivity index (χ0) is 35.7. The van der Waals surface area contributed by atoms with Crippen molar-refractivity contribution >= 4 is 33.6 Å². The first kappa shape index (κ1) is 34.0. The Balaban J connectivity index is 1.15. The van der Waals surface area contributed by atoms with E-state index in [4.69, 9.17) is 14.5 Å². The number of rotatable bonds is 7. The van der Waals surface area contributed by atoms with E-state index in [1.807, 2.05) is 18.7 Å². The molecule has 2 aromatic heterocycles. The van der Waals surface area contributed by atoms with Crippen LogP contribution in [0, 0.1) is 17.0 Å². The van der Waals surface area contributed by atoms with Gasteiger partial charge in [-0.1, -0.05) is 51.1 Å². The second kappa shape index (κ2) is 12.5. The van der Waals surface area contributed by atoms with E-state index in [9.17, 15) is 4.79 Å². The largest absolute Gasteiger partial charge is 0.461 e. The molecule has 4 saturated heterocycles. The van der Waals surface area contributed by atoms with Crippen molar-refractivity contribution in [1.82, 2.24) is 24.8 Å². The molecule has 4 aliphatic rings. The summed E-state index contributed by atoms with van der Waals surface area (Å²) in [5, 5.41) is 1.42. The van der Waals surface area contributed by atoms with E-state index < -0.39 is 17.2 Å². The average molecular weight is 699 g/mol. The van der Waals surface area contributed by atoms with E-state index in [0.29, 0.717) is 47.2 Å². The predicted molar refractivity (Wildman–Crippen MR) is 194 cm³/mol. The fourth-order valence-electron chi connectivity index (χ4n) is 9.64. The lowest BCUT2D eigenvalue weighted by atomic mass is 9.84. The van der Waals surface area contributed by atoms with Crippen molar-refractivity contribution < 1.29 is 23.0 Å². The molecule has 2 aromatic carbocycles. The lowest BCUT2D eigenvalue weighted by Gasteiger charge is -2.43. The molecule has 0 unspecified atom stereocenters. The van der Waals surface area contributed by atoms with Gasteiger partial charge in [0.1, 0.15) is 35.1 Å². The highest BCUT2D eigenvalue weighted by Crippen LogP contribution is 2.42. The number of amides is 1. The van der Waals surface area contributed by atoms with Gasteiger partial charge in [0.25, 0.3) is 0 Å². The molecule has 0 radical (unpaired) electrons. The number of benzene rings is 2. The number of nitrogens with zero attached hydrogens (tertiary/aromatic N) is 6. The number of aromatic nitrogens is 3. The third-order valence-electron chi connectivity index (χ3n) is 11.3. The topological polar surface area (TPSA) is 83.9 Å². The molecular weight excluding hydrogens is 650 g/mol. The normalized spacial score (nSPS) is 21.9. The Morgan fingerprint density at radius 1 is 0.961 bits per heavy atom. The van der Waals surface area contributed by atoms with Crippen molar-refractivity contribution in [3.8, 4) is 17.3 Å². The number of anilines is 1. The molecule has 0 saturated carbocycles. The monoisotopic (exact) mass is 698 g/mol. The minimum absolute atomic E-state index is 0.00763. The summed E-state index contributed by atoms with van der Waals surface area (Å²) in [6.45, 7) is 13.9. The van der Waals surface area contributed by atoms with Gasteiger partial charge >= 0.3 is 12.1 Å². The first-order valence-electron chi connectivity index (χ1n) is 18.5. The van der Waals surface area contributed by atoms with Crippen molar-refractivity contribution in [1.29, 1.82) is 0 Å². The standard InChI is InChI=1S/C40H48F2N6O3/c1-38(2,3)23-39(4,5)51-37(49)48-26-14-15-27(48)22-46(21-26)35-29-20-43-33(28-12-6-10-25-11-7-13-30(41)31(25)28)32(42)34(29)44-36(45-35)50-24-40-16-8-18-47(40)19-9-17-40/h6-7,10-13,20,26-27H,8-9,14-19,21-24H2,1-5H3/t26-,27+. The second-order valence-electron chi connectivity index (χ2n) is 16.9. The fraction of sp³-hybridized carbons (Fsp3) is 0.550. The number of halogens is 2. The summed E-state index contributed by atoms with van der Waals surface area (Å²) in [5.41, 5.74) is -0.184. The van der Waals surface area contributed by atoms with E-state index in [2.05, 4.69) is 40.5 Å². The van der Waals surface area contributed by atoms with Gasteiger partial charge < -0.3 is 14.4 Å². The molecule has 4 aromatic rings. The summed E-state index contributed by atoms with van der Waals surface area (Å²) in [4.78, 5) is 34.4.